The van der Waals surface area contributed by atoms with Gasteiger partial charge in [0.1, 0.15) is 6.54 Å². The minimum atomic E-state index is -0.00929. The monoisotopic (exact) mass is 286 g/mol. The van der Waals surface area contributed by atoms with E-state index in [9.17, 15) is 4.79 Å². The molecule has 0 saturated heterocycles. The quantitative estimate of drug-likeness (QED) is 0.372. The van der Waals surface area contributed by atoms with E-state index in [-0.39, 0.29) is 12.5 Å². The smallest absolute Gasteiger partial charge is 0.243 e. The zero-order valence-electron chi connectivity index (χ0n) is 13.5. The number of guanidine groups is 1. The van der Waals surface area contributed by atoms with Crippen LogP contribution in [-0.2, 0) is 9.53 Å². The average Bonchev–Trinajstić information content (AvgIpc) is 2.39. The Kier molecular flexibility index (Phi) is 10.8. The molecule has 0 fully saturated rings. The molecule has 0 aliphatic carbocycles. The standard InChI is InChI=1S/C14H30N4O2/c1-6-20-9-7-8-15-14(16-10-12(2)3)17-11-13(19)18(4)5/h12H,6-11H2,1-5H3,(H2,15,16,17). The molecule has 0 aromatic heterocycles. The van der Waals surface area contributed by atoms with E-state index in [1.807, 2.05) is 6.92 Å². The molecule has 118 valence electrons. The number of aliphatic imine (C=N–C) groups is 1. The van der Waals surface area contributed by atoms with Gasteiger partial charge >= 0.3 is 0 Å². The number of carbonyl (C=O) groups is 1. The summed E-state index contributed by atoms with van der Waals surface area (Å²) in [6, 6.07) is 0. The second kappa shape index (κ2) is 11.5. The molecule has 0 aliphatic rings. The second-order valence-corrected chi connectivity index (χ2v) is 5.21. The van der Waals surface area contributed by atoms with E-state index in [1.165, 1.54) is 0 Å². The van der Waals surface area contributed by atoms with Crippen LogP contribution in [0.3, 0.4) is 0 Å². The topological polar surface area (TPSA) is 66.0 Å². The van der Waals surface area contributed by atoms with Crippen molar-refractivity contribution in [2.75, 3.05) is 46.9 Å². The molecule has 0 unspecified atom stereocenters. The number of nitrogens with zero attached hydrogens (tertiary/aromatic N) is 2. The van der Waals surface area contributed by atoms with Crippen LogP contribution >= 0.6 is 0 Å². The highest BCUT2D eigenvalue weighted by Gasteiger charge is 2.04. The minimum absolute atomic E-state index is 0.00929. The van der Waals surface area contributed by atoms with Gasteiger partial charge in [0.2, 0.25) is 5.91 Å². The summed E-state index contributed by atoms with van der Waals surface area (Å²) in [5, 5.41) is 6.45. The van der Waals surface area contributed by atoms with Crippen LogP contribution in [0.5, 0.6) is 0 Å². The summed E-state index contributed by atoms with van der Waals surface area (Å²) < 4.78 is 5.28. The predicted molar refractivity (Wildman–Crippen MR) is 82.9 cm³/mol. The molecule has 1 amide bonds. The van der Waals surface area contributed by atoms with E-state index < -0.39 is 0 Å². The molecule has 20 heavy (non-hydrogen) atoms. The average molecular weight is 286 g/mol. The fourth-order valence-corrected chi connectivity index (χ4v) is 1.29. The van der Waals surface area contributed by atoms with Crippen LogP contribution in [-0.4, -0.2) is 63.7 Å². The number of ether oxygens (including phenoxy) is 1. The van der Waals surface area contributed by atoms with Crippen molar-refractivity contribution in [1.29, 1.82) is 0 Å². The molecular formula is C14H30N4O2. The Bertz CT molecular complexity index is 291. The van der Waals surface area contributed by atoms with E-state index in [1.54, 1.807) is 19.0 Å². The fourth-order valence-electron chi connectivity index (χ4n) is 1.29. The molecule has 0 saturated carbocycles. The van der Waals surface area contributed by atoms with Gasteiger partial charge in [0.05, 0.1) is 0 Å². The predicted octanol–water partition coefficient (Wildman–Crippen LogP) is 0.692. The molecular weight excluding hydrogens is 256 g/mol. The first kappa shape index (κ1) is 18.7. The van der Waals surface area contributed by atoms with Crippen molar-refractivity contribution in [2.24, 2.45) is 10.9 Å². The molecule has 6 nitrogen and oxygen atoms in total. The first-order chi connectivity index (χ1) is 9.47. The highest BCUT2D eigenvalue weighted by Crippen LogP contribution is 1.88. The SMILES string of the molecule is CCOCCCNC(=NCC(=O)N(C)C)NCC(C)C. The molecule has 0 radical (unpaired) electrons. The number of rotatable bonds is 9. The normalized spacial score (nSPS) is 11.6. The van der Waals surface area contributed by atoms with Crippen LogP contribution in [0.4, 0.5) is 0 Å². The van der Waals surface area contributed by atoms with Gasteiger partial charge in [0.25, 0.3) is 0 Å². The van der Waals surface area contributed by atoms with Crippen molar-refractivity contribution in [1.82, 2.24) is 15.5 Å². The van der Waals surface area contributed by atoms with Crippen LogP contribution in [0.1, 0.15) is 27.2 Å². The summed E-state index contributed by atoms with van der Waals surface area (Å²) in [6.07, 6.45) is 0.915. The van der Waals surface area contributed by atoms with Crippen LogP contribution in [0.2, 0.25) is 0 Å². The molecule has 0 heterocycles. The molecule has 0 spiro atoms. The maximum absolute atomic E-state index is 11.5. The lowest BCUT2D eigenvalue weighted by Gasteiger charge is -2.15. The van der Waals surface area contributed by atoms with Gasteiger partial charge in [0, 0.05) is 40.4 Å². The highest BCUT2D eigenvalue weighted by molar-refractivity contribution is 5.84. The number of hydrogen-bond acceptors (Lipinski definition) is 3. The lowest BCUT2D eigenvalue weighted by Crippen LogP contribution is -2.40. The third-order valence-corrected chi connectivity index (χ3v) is 2.51. The Balaban J connectivity index is 4.18. The van der Waals surface area contributed by atoms with Gasteiger partial charge in [-0.1, -0.05) is 13.8 Å². The van der Waals surface area contributed by atoms with E-state index in [0.717, 1.165) is 32.7 Å². The lowest BCUT2D eigenvalue weighted by molar-refractivity contribution is -0.127. The summed E-state index contributed by atoms with van der Waals surface area (Å²) in [6.45, 7) is 9.48. The van der Waals surface area contributed by atoms with Crippen molar-refractivity contribution in [3.8, 4) is 0 Å². The summed E-state index contributed by atoms with van der Waals surface area (Å²) >= 11 is 0. The number of nitrogens with one attached hydrogen (secondary N) is 2. The second-order valence-electron chi connectivity index (χ2n) is 5.21. The minimum Gasteiger partial charge on any atom is -0.382 e. The largest absolute Gasteiger partial charge is 0.382 e. The Morgan fingerprint density at radius 1 is 1.30 bits per heavy atom. The van der Waals surface area contributed by atoms with E-state index in [4.69, 9.17) is 4.74 Å². The lowest BCUT2D eigenvalue weighted by atomic mass is 10.2. The molecule has 0 atom stereocenters. The van der Waals surface area contributed by atoms with Crippen molar-refractivity contribution >= 4 is 11.9 Å². The number of amides is 1. The maximum atomic E-state index is 11.5. The van der Waals surface area contributed by atoms with Crippen LogP contribution in [0.15, 0.2) is 4.99 Å². The van der Waals surface area contributed by atoms with E-state index in [2.05, 4.69) is 29.5 Å². The number of hydrogen-bond donors (Lipinski definition) is 2. The summed E-state index contributed by atoms with van der Waals surface area (Å²) in [5.41, 5.74) is 0. The first-order valence-corrected chi connectivity index (χ1v) is 7.27. The Labute approximate surface area is 123 Å². The van der Waals surface area contributed by atoms with Crippen molar-refractivity contribution < 1.29 is 9.53 Å². The highest BCUT2D eigenvalue weighted by atomic mass is 16.5. The van der Waals surface area contributed by atoms with Gasteiger partial charge < -0.3 is 20.3 Å². The van der Waals surface area contributed by atoms with Crippen molar-refractivity contribution in [3.63, 3.8) is 0 Å². The molecule has 0 aromatic carbocycles. The molecule has 0 bridgehead atoms. The van der Waals surface area contributed by atoms with Gasteiger partial charge in [-0.15, -0.1) is 0 Å². The fraction of sp³-hybridized carbons (Fsp3) is 0.857. The Morgan fingerprint density at radius 3 is 2.55 bits per heavy atom. The summed E-state index contributed by atoms with van der Waals surface area (Å²) in [4.78, 5) is 17.4. The Morgan fingerprint density at radius 2 is 2.00 bits per heavy atom. The molecule has 6 heteroatoms. The van der Waals surface area contributed by atoms with Gasteiger partial charge in [-0.3, -0.25) is 4.79 Å². The summed E-state index contributed by atoms with van der Waals surface area (Å²) in [5.74, 6) is 1.20. The molecule has 0 rings (SSSR count). The van der Waals surface area contributed by atoms with Gasteiger partial charge in [-0.05, 0) is 19.3 Å². The van der Waals surface area contributed by atoms with Gasteiger partial charge in [-0.2, -0.15) is 0 Å². The first-order valence-electron chi connectivity index (χ1n) is 7.27. The molecule has 2 N–H and O–H groups in total. The molecule has 0 aromatic rings. The van der Waals surface area contributed by atoms with Crippen LogP contribution in [0, 0.1) is 5.92 Å². The van der Waals surface area contributed by atoms with E-state index in [0.29, 0.717) is 11.9 Å². The van der Waals surface area contributed by atoms with Crippen LogP contribution < -0.4 is 10.6 Å². The van der Waals surface area contributed by atoms with Crippen molar-refractivity contribution in [3.05, 3.63) is 0 Å². The van der Waals surface area contributed by atoms with Crippen LogP contribution in [0.25, 0.3) is 0 Å². The third-order valence-electron chi connectivity index (χ3n) is 2.51. The number of carbonyl (C=O) groups excluding carboxylic acids is 1. The number of likely N-dealkylation sites (N-methyl/N-ethyl adjacent to an activating group) is 1. The Hall–Kier alpha value is -1.30. The third kappa shape index (κ3) is 10.6. The molecule has 0 aliphatic heterocycles. The zero-order valence-corrected chi connectivity index (χ0v) is 13.5. The van der Waals surface area contributed by atoms with Gasteiger partial charge in [0.15, 0.2) is 5.96 Å². The maximum Gasteiger partial charge on any atom is 0.243 e. The summed E-state index contributed by atoms with van der Waals surface area (Å²) in [7, 11) is 3.46. The van der Waals surface area contributed by atoms with Crippen molar-refractivity contribution in [2.45, 2.75) is 27.2 Å². The van der Waals surface area contributed by atoms with Gasteiger partial charge in [-0.25, -0.2) is 4.99 Å². The van der Waals surface area contributed by atoms with E-state index >= 15 is 0 Å². The zero-order chi connectivity index (χ0) is 15.4.